The summed E-state index contributed by atoms with van der Waals surface area (Å²) in [7, 11) is 1.70. The molecule has 4 nitrogen and oxygen atoms in total. The fourth-order valence-electron chi connectivity index (χ4n) is 2.98. The molecule has 0 atom stereocenters. The van der Waals surface area contributed by atoms with Gasteiger partial charge in [0.2, 0.25) is 0 Å². The van der Waals surface area contributed by atoms with Gasteiger partial charge < -0.3 is 15.0 Å². The molecule has 0 spiro atoms. The van der Waals surface area contributed by atoms with Gasteiger partial charge in [-0.15, -0.1) is 0 Å². The number of hydrogen-bond acceptors (Lipinski definition) is 2. The molecule has 0 aromatic heterocycles. The highest BCUT2D eigenvalue weighted by Crippen LogP contribution is 2.28. The number of likely N-dealkylation sites (tertiary alicyclic amines) is 1. The SMILES string of the molecule is CCNC(=NCCCc1ccc(OC)cc1)N1CCC(C)(C)C1. The van der Waals surface area contributed by atoms with Crippen molar-refractivity contribution in [1.82, 2.24) is 10.2 Å². The predicted molar refractivity (Wildman–Crippen MR) is 97.3 cm³/mol. The number of benzene rings is 1. The summed E-state index contributed by atoms with van der Waals surface area (Å²) < 4.78 is 5.19. The van der Waals surface area contributed by atoms with Crippen LogP contribution < -0.4 is 10.1 Å². The van der Waals surface area contributed by atoms with Gasteiger partial charge in [0.1, 0.15) is 5.75 Å². The van der Waals surface area contributed by atoms with Gasteiger partial charge in [-0.1, -0.05) is 26.0 Å². The molecular weight excluding hydrogens is 286 g/mol. The maximum Gasteiger partial charge on any atom is 0.193 e. The van der Waals surface area contributed by atoms with Gasteiger partial charge in [0.05, 0.1) is 7.11 Å². The first-order valence-corrected chi connectivity index (χ1v) is 8.70. The van der Waals surface area contributed by atoms with Crippen LogP contribution in [0, 0.1) is 5.41 Å². The van der Waals surface area contributed by atoms with Crippen LogP contribution in [0.25, 0.3) is 0 Å². The van der Waals surface area contributed by atoms with Gasteiger partial charge in [0.15, 0.2) is 5.96 Å². The number of nitrogens with zero attached hydrogens (tertiary/aromatic N) is 2. The normalized spacial score (nSPS) is 17.4. The van der Waals surface area contributed by atoms with Crippen molar-refractivity contribution in [2.75, 3.05) is 33.3 Å². The molecule has 1 aliphatic heterocycles. The Morgan fingerprint density at radius 3 is 2.61 bits per heavy atom. The molecule has 128 valence electrons. The Morgan fingerprint density at radius 1 is 1.30 bits per heavy atom. The van der Waals surface area contributed by atoms with Gasteiger partial charge in [-0.05, 0) is 49.3 Å². The van der Waals surface area contributed by atoms with E-state index in [9.17, 15) is 0 Å². The van der Waals surface area contributed by atoms with E-state index in [1.165, 1.54) is 12.0 Å². The minimum Gasteiger partial charge on any atom is -0.497 e. The van der Waals surface area contributed by atoms with Crippen LogP contribution in [0.2, 0.25) is 0 Å². The van der Waals surface area contributed by atoms with E-state index in [0.717, 1.165) is 50.7 Å². The van der Waals surface area contributed by atoms with Crippen LogP contribution >= 0.6 is 0 Å². The van der Waals surface area contributed by atoms with Crippen LogP contribution in [0.1, 0.15) is 39.2 Å². The standard InChI is InChI=1S/C19H31N3O/c1-5-20-18(22-14-12-19(2,3)15-22)21-13-6-7-16-8-10-17(23-4)11-9-16/h8-11H,5-7,12-15H2,1-4H3,(H,20,21). The Labute approximate surface area is 140 Å². The van der Waals surface area contributed by atoms with Gasteiger partial charge in [-0.3, -0.25) is 4.99 Å². The first kappa shape index (κ1) is 17.6. The van der Waals surface area contributed by atoms with Crippen LogP contribution in [-0.4, -0.2) is 44.1 Å². The topological polar surface area (TPSA) is 36.9 Å². The second-order valence-corrected chi connectivity index (χ2v) is 7.02. The number of methoxy groups -OCH3 is 1. The molecule has 0 aliphatic carbocycles. The summed E-state index contributed by atoms with van der Waals surface area (Å²) >= 11 is 0. The lowest BCUT2D eigenvalue weighted by atomic mass is 9.93. The molecular formula is C19H31N3O. The molecule has 4 heteroatoms. The maximum absolute atomic E-state index is 5.19. The Bertz CT molecular complexity index is 508. The number of nitrogens with one attached hydrogen (secondary N) is 1. The summed E-state index contributed by atoms with van der Waals surface area (Å²) in [6.45, 7) is 10.8. The zero-order chi connectivity index (χ0) is 16.7. The molecule has 1 N–H and O–H groups in total. The third-order valence-electron chi connectivity index (χ3n) is 4.36. The number of aliphatic imine (C=N–C) groups is 1. The van der Waals surface area contributed by atoms with Crippen molar-refractivity contribution in [3.05, 3.63) is 29.8 Å². The van der Waals surface area contributed by atoms with E-state index in [-0.39, 0.29) is 0 Å². The van der Waals surface area contributed by atoms with Crippen LogP contribution in [0.4, 0.5) is 0 Å². The lowest BCUT2D eigenvalue weighted by Gasteiger charge is -2.23. The summed E-state index contributed by atoms with van der Waals surface area (Å²) in [5, 5.41) is 3.44. The van der Waals surface area contributed by atoms with E-state index in [2.05, 4.69) is 43.1 Å². The van der Waals surface area contributed by atoms with E-state index in [1.807, 2.05) is 12.1 Å². The summed E-state index contributed by atoms with van der Waals surface area (Å²) in [6.07, 6.45) is 3.36. The van der Waals surface area contributed by atoms with E-state index < -0.39 is 0 Å². The average Bonchev–Trinajstić information content (AvgIpc) is 2.91. The molecule has 1 aromatic rings. The molecule has 1 heterocycles. The van der Waals surface area contributed by atoms with Gasteiger partial charge in [-0.2, -0.15) is 0 Å². The van der Waals surface area contributed by atoms with E-state index in [4.69, 9.17) is 9.73 Å². The molecule has 1 aliphatic rings. The van der Waals surface area contributed by atoms with E-state index >= 15 is 0 Å². The predicted octanol–water partition coefficient (Wildman–Crippen LogP) is 3.33. The Hall–Kier alpha value is -1.71. The first-order valence-electron chi connectivity index (χ1n) is 8.70. The van der Waals surface area contributed by atoms with Crippen molar-refractivity contribution in [1.29, 1.82) is 0 Å². The van der Waals surface area contributed by atoms with Crippen molar-refractivity contribution >= 4 is 5.96 Å². The largest absolute Gasteiger partial charge is 0.497 e. The smallest absolute Gasteiger partial charge is 0.193 e. The Balaban J connectivity index is 1.83. The lowest BCUT2D eigenvalue weighted by Crippen LogP contribution is -2.40. The van der Waals surface area contributed by atoms with Crippen molar-refractivity contribution in [2.24, 2.45) is 10.4 Å². The summed E-state index contributed by atoms with van der Waals surface area (Å²) in [5.41, 5.74) is 1.74. The monoisotopic (exact) mass is 317 g/mol. The quantitative estimate of drug-likeness (QED) is 0.497. The molecule has 23 heavy (non-hydrogen) atoms. The van der Waals surface area contributed by atoms with Crippen molar-refractivity contribution in [3.63, 3.8) is 0 Å². The van der Waals surface area contributed by atoms with Crippen LogP contribution in [-0.2, 0) is 6.42 Å². The fraction of sp³-hybridized carbons (Fsp3) is 0.632. The van der Waals surface area contributed by atoms with Crippen molar-refractivity contribution in [3.8, 4) is 5.75 Å². The van der Waals surface area contributed by atoms with E-state index in [1.54, 1.807) is 7.11 Å². The molecule has 0 bridgehead atoms. The number of hydrogen-bond donors (Lipinski definition) is 1. The van der Waals surface area contributed by atoms with E-state index in [0.29, 0.717) is 5.41 Å². The summed E-state index contributed by atoms with van der Waals surface area (Å²) in [4.78, 5) is 7.22. The molecule has 2 rings (SSSR count). The number of ether oxygens (including phenoxy) is 1. The van der Waals surface area contributed by atoms with Crippen LogP contribution in [0.5, 0.6) is 5.75 Å². The minimum atomic E-state index is 0.402. The first-order chi connectivity index (χ1) is 11.0. The molecule has 1 saturated heterocycles. The second kappa shape index (κ2) is 8.23. The number of rotatable bonds is 6. The van der Waals surface area contributed by atoms with Gasteiger partial charge in [0.25, 0.3) is 0 Å². The molecule has 1 fully saturated rings. The van der Waals surface area contributed by atoms with Crippen molar-refractivity contribution in [2.45, 2.75) is 40.0 Å². The zero-order valence-corrected chi connectivity index (χ0v) is 15.1. The fourth-order valence-corrected chi connectivity index (χ4v) is 2.98. The lowest BCUT2D eigenvalue weighted by molar-refractivity contribution is 0.370. The van der Waals surface area contributed by atoms with Crippen LogP contribution in [0.3, 0.4) is 0 Å². The summed E-state index contributed by atoms with van der Waals surface area (Å²) in [5.74, 6) is 1.99. The van der Waals surface area contributed by atoms with Gasteiger partial charge in [-0.25, -0.2) is 0 Å². The second-order valence-electron chi connectivity index (χ2n) is 7.02. The Kier molecular flexibility index (Phi) is 6.31. The third-order valence-corrected chi connectivity index (χ3v) is 4.36. The minimum absolute atomic E-state index is 0.402. The number of guanidine groups is 1. The third kappa shape index (κ3) is 5.45. The maximum atomic E-state index is 5.19. The highest BCUT2D eigenvalue weighted by Gasteiger charge is 2.30. The average molecular weight is 317 g/mol. The molecule has 0 unspecified atom stereocenters. The summed E-state index contributed by atoms with van der Waals surface area (Å²) in [6, 6.07) is 8.32. The van der Waals surface area contributed by atoms with Gasteiger partial charge in [0, 0.05) is 26.2 Å². The zero-order valence-electron chi connectivity index (χ0n) is 15.1. The molecule has 0 amide bonds. The highest BCUT2D eigenvalue weighted by atomic mass is 16.5. The molecule has 1 aromatic carbocycles. The van der Waals surface area contributed by atoms with Crippen LogP contribution in [0.15, 0.2) is 29.3 Å². The molecule has 0 saturated carbocycles. The molecule has 0 radical (unpaired) electrons. The highest BCUT2D eigenvalue weighted by molar-refractivity contribution is 5.80. The Morgan fingerprint density at radius 2 is 2.04 bits per heavy atom. The van der Waals surface area contributed by atoms with Gasteiger partial charge >= 0.3 is 0 Å². The number of aryl methyl sites for hydroxylation is 1. The van der Waals surface area contributed by atoms with Crippen molar-refractivity contribution < 1.29 is 4.74 Å².